The van der Waals surface area contributed by atoms with Crippen LogP contribution in [0, 0.1) is 0 Å². The summed E-state index contributed by atoms with van der Waals surface area (Å²) >= 11 is 0. The van der Waals surface area contributed by atoms with E-state index in [4.69, 9.17) is 5.53 Å². The number of nitrogens with zero attached hydrogens (tertiary/aromatic N) is 6. The van der Waals surface area contributed by atoms with Gasteiger partial charge in [-0.1, -0.05) is 24.3 Å². The van der Waals surface area contributed by atoms with Gasteiger partial charge in [-0.15, -0.1) is 18.3 Å². The fraction of sp³-hybridized carbons (Fsp3) is 0.118. The number of anilines is 1. The van der Waals surface area contributed by atoms with Crippen LogP contribution in [0.3, 0.4) is 0 Å². The highest BCUT2D eigenvalue weighted by Gasteiger charge is 2.30. The lowest BCUT2D eigenvalue weighted by Crippen LogP contribution is -2.17. The van der Waals surface area contributed by atoms with Gasteiger partial charge in [0.2, 0.25) is 11.9 Å². The Kier molecular flexibility index (Phi) is 5.65. The van der Waals surface area contributed by atoms with Crippen molar-refractivity contribution in [2.75, 3.05) is 5.32 Å². The molecule has 9 nitrogen and oxygen atoms in total. The van der Waals surface area contributed by atoms with Crippen molar-refractivity contribution in [2.24, 2.45) is 5.11 Å². The molecule has 0 unspecified atom stereocenters. The van der Waals surface area contributed by atoms with Crippen LogP contribution >= 0.6 is 0 Å². The Morgan fingerprint density at radius 1 is 1.17 bits per heavy atom. The van der Waals surface area contributed by atoms with Crippen molar-refractivity contribution in [3.63, 3.8) is 0 Å². The number of ether oxygens (including phenoxy) is 1. The van der Waals surface area contributed by atoms with Crippen LogP contribution in [0.2, 0.25) is 0 Å². The zero-order valence-corrected chi connectivity index (χ0v) is 14.5. The van der Waals surface area contributed by atoms with E-state index in [2.05, 4.69) is 30.2 Å². The predicted molar refractivity (Wildman–Crippen MR) is 95.3 cm³/mol. The number of halogens is 3. The average Bonchev–Trinajstić information content (AvgIpc) is 3.15. The summed E-state index contributed by atoms with van der Waals surface area (Å²) in [6, 6.07) is 11.6. The van der Waals surface area contributed by atoms with Crippen LogP contribution in [0.5, 0.6) is 5.75 Å². The van der Waals surface area contributed by atoms with Gasteiger partial charge < -0.3 is 10.1 Å². The van der Waals surface area contributed by atoms with Crippen molar-refractivity contribution >= 4 is 11.9 Å². The van der Waals surface area contributed by atoms with E-state index in [9.17, 15) is 18.0 Å². The Hall–Kier alpha value is -4.05. The van der Waals surface area contributed by atoms with Gasteiger partial charge in [0, 0.05) is 17.0 Å². The summed E-state index contributed by atoms with van der Waals surface area (Å²) in [5, 5.41) is 10.2. The van der Waals surface area contributed by atoms with Gasteiger partial charge in [0.05, 0.1) is 5.69 Å². The van der Waals surface area contributed by atoms with Crippen LogP contribution in [-0.2, 0) is 6.54 Å². The maximum absolute atomic E-state index is 12.2. The van der Waals surface area contributed by atoms with Crippen molar-refractivity contribution < 1.29 is 22.7 Å². The second kappa shape index (κ2) is 8.31. The number of azide groups is 1. The molecule has 0 fully saturated rings. The smallest absolute Gasteiger partial charge is 0.406 e. The van der Waals surface area contributed by atoms with E-state index in [0.717, 1.165) is 5.56 Å². The summed E-state index contributed by atoms with van der Waals surface area (Å²) in [4.78, 5) is 18.0. The normalized spacial score (nSPS) is 10.9. The highest BCUT2D eigenvalue weighted by molar-refractivity contribution is 5.94. The molecule has 0 saturated heterocycles. The molecular formula is C17H12F3N7O2. The Bertz CT molecular complexity index is 1040. The number of amides is 1. The van der Waals surface area contributed by atoms with Gasteiger partial charge in [-0.3, -0.25) is 4.79 Å². The molecule has 0 aliphatic carbocycles. The summed E-state index contributed by atoms with van der Waals surface area (Å²) in [5.74, 6) is -0.698. The number of aromatic nitrogens is 3. The maximum atomic E-state index is 12.2. The van der Waals surface area contributed by atoms with E-state index < -0.39 is 12.3 Å². The number of hydrogen-bond acceptors (Lipinski definition) is 5. The van der Waals surface area contributed by atoms with E-state index in [0.29, 0.717) is 18.2 Å². The van der Waals surface area contributed by atoms with Crippen LogP contribution < -0.4 is 10.1 Å². The minimum Gasteiger partial charge on any atom is -0.406 e. The van der Waals surface area contributed by atoms with Crippen molar-refractivity contribution in [3.8, 4) is 11.4 Å². The van der Waals surface area contributed by atoms with E-state index in [1.165, 1.54) is 47.4 Å². The minimum absolute atomic E-state index is 0.270. The van der Waals surface area contributed by atoms with Gasteiger partial charge >= 0.3 is 6.36 Å². The lowest BCUT2D eigenvalue weighted by molar-refractivity contribution is -0.274. The molecule has 29 heavy (non-hydrogen) atoms. The lowest BCUT2D eigenvalue weighted by Gasteiger charge is -2.09. The Balaban J connectivity index is 1.60. The third kappa shape index (κ3) is 5.47. The van der Waals surface area contributed by atoms with Crippen molar-refractivity contribution in [1.82, 2.24) is 14.8 Å². The zero-order chi connectivity index (χ0) is 20.9. The molecule has 0 bridgehead atoms. The minimum atomic E-state index is -4.75. The fourth-order valence-corrected chi connectivity index (χ4v) is 2.31. The average molecular weight is 403 g/mol. The molecule has 2 aromatic carbocycles. The first-order chi connectivity index (χ1) is 13.8. The van der Waals surface area contributed by atoms with Crippen LogP contribution in [0.1, 0.15) is 15.9 Å². The number of benzene rings is 2. The third-order valence-corrected chi connectivity index (χ3v) is 3.61. The summed E-state index contributed by atoms with van der Waals surface area (Å²) in [6.45, 7) is 0.359. The van der Waals surface area contributed by atoms with E-state index in [1.807, 2.05) is 0 Å². The number of carbonyl (C=O) groups is 1. The quantitative estimate of drug-likeness (QED) is 0.375. The predicted octanol–water partition coefficient (Wildman–Crippen LogP) is 4.23. The molecule has 1 N–H and O–H groups in total. The fourth-order valence-electron chi connectivity index (χ4n) is 2.31. The topological polar surface area (TPSA) is 118 Å². The van der Waals surface area contributed by atoms with Crippen LogP contribution in [0.15, 0.2) is 60.0 Å². The standard InChI is InChI=1S/C17H12F3N7O2/c18-17(19,20)29-14-7-5-13(6-8-14)27-10-23-16(25-27)22-9-11-1-3-12(4-2-11)15(28)24-26-21/h1-8,10H,9H2,(H,22,25). The van der Waals surface area contributed by atoms with E-state index >= 15 is 0 Å². The van der Waals surface area contributed by atoms with Gasteiger partial charge in [0.1, 0.15) is 12.1 Å². The van der Waals surface area contributed by atoms with Gasteiger partial charge in [-0.2, -0.15) is 0 Å². The number of nitrogens with one attached hydrogen (secondary N) is 1. The first kappa shape index (κ1) is 19.7. The number of alkyl halides is 3. The summed E-state index contributed by atoms with van der Waals surface area (Å²) in [5.41, 5.74) is 9.86. The largest absolute Gasteiger partial charge is 0.573 e. The van der Waals surface area contributed by atoms with Crippen molar-refractivity contribution in [3.05, 3.63) is 76.4 Å². The SMILES string of the molecule is [N-]=[N+]=NC(=O)c1ccc(CNc2ncn(-c3ccc(OC(F)(F)F)cc3)n2)cc1. The Morgan fingerprint density at radius 3 is 2.48 bits per heavy atom. The van der Waals surface area contributed by atoms with Crippen LogP contribution in [0.25, 0.3) is 16.1 Å². The maximum Gasteiger partial charge on any atom is 0.573 e. The van der Waals surface area contributed by atoms with Crippen molar-refractivity contribution in [1.29, 1.82) is 0 Å². The number of hydrogen-bond donors (Lipinski definition) is 1. The molecule has 1 amide bonds. The highest BCUT2D eigenvalue weighted by Crippen LogP contribution is 2.23. The Labute approximate surface area is 161 Å². The first-order valence-electron chi connectivity index (χ1n) is 8.04. The van der Waals surface area contributed by atoms with E-state index in [1.54, 1.807) is 12.1 Å². The summed E-state index contributed by atoms with van der Waals surface area (Å²) in [7, 11) is 0. The van der Waals surface area contributed by atoms with E-state index in [-0.39, 0.29) is 11.3 Å². The third-order valence-electron chi connectivity index (χ3n) is 3.61. The number of rotatable bonds is 6. The summed E-state index contributed by atoms with van der Waals surface area (Å²) < 4.78 is 41.8. The van der Waals surface area contributed by atoms with Crippen LogP contribution in [0.4, 0.5) is 19.1 Å². The molecule has 3 aromatic rings. The molecule has 3 rings (SSSR count). The van der Waals surface area contributed by atoms with Crippen molar-refractivity contribution in [2.45, 2.75) is 12.9 Å². The molecule has 0 aliphatic heterocycles. The van der Waals surface area contributed by atoms with Gasteiger partial charge in [-0.05, 0) is 40.5 Å². The first-order valence-corrected chi connectivity index (χ1v) is 8.04. The molecule has 0 aliphatic rings. The van der Waals surface area contributed by atoms with Crippen LogP contribution in [-0.4, -0.2) is 27.0 Å². The lowest BCUT2D eigenvalue weighted by atomic mass is 10.1. The molecule has 0 atom stereocenters. The highest BCUT2D eigenvalue weighted by atomic mass is 19.4. The Morgan fingerprint density at radius 2 is 1.86 bits per heavy atom. The molecule has 0 spiro atoms. The summed E-state index contributed by atoms with van der Waals surface area (Å²) in [6.07, 6.45) is -3.34. The van der Waals surface area contributed by atoms with Gasteiger partial charge in [0.15, 0.2) is 0 Å². The molecule has 0 radical (unpaired) electrons. The molecule has 148 valence electrons. The molecule has 1 heterocycles. The van der Waals surface area contributed by atoms with Gasteiger partial charge in [0.25, 0.3) is 0 Å². The second-order valence-electron chi connectivity index (χ2n) is 5.60. The molecule has 1 aromatic heterocycles. The molecule has 0 saturated carbocycles. The monoisotopic (exact) mass is 403 g/mol. The zero-order valence-electron chi connectivity index (χ0n) is 14.5. The molecular weight excluding hydrogens is 391 g/mol. The number of carbonyl (C=O) groups excluding carboxylic acids is 1. The van der Waals surface area contributed by atoms with Gasteiger partial charge in [-0.25, -0.2) is 9.67 Å². The molecule has 12 heteroatoms. The second-order valence-corrected chi connectivity index (χ2v) is 5.60.